The maximum absolute atomic E-state index is 14.4. The molecule has 2 aliphatic heterocycles. The quantitative estimate of drug-likeness (QED) is 0.373. The molecular formula is C30H33Cl3N6O3. The van der Waals surface area contributed by atoms with E-state index < -0.39 is 12.1 Å². The van der Waals surface area contributed by atoms with Crippen LogP contribution in [0.5, 0.6) is 5.88 Å². The largest absolute Gasteiger partial charge is 0.477 e. The Bertz CT molecular complexity index is 1480. The molecule has 0 saturated carbocycles. The summed E-state index contributed by atoms with van der Waals surface area (Å²) in [5.41, 5.74) is 1.86. The number of amides is 3. The number of amidine groups is 1. The lowest BCUT2D eigenvalue weighted by molar-refractivity contribution is -0.123. The number of aliphatic imine (C=N–C) groups is 1. The molecule has 2 atom stereocenters. The van der Waals surface area contributed by atoms with Crippen LogP contribution >= 0.6 is 35.6 Å². The first kappa shape index (κ1) is 31.5. The normalized spacial score (nSPS) is 18.7. The minimum Gasteiger partial charge on any atom is -0.477 e. The molecular weight excluding hydrogens is 599 g/mol. The lowest BCUT2D eigenvalue weighted by Gasteiger charge is -2.35. The van der Waals surface area contributed by atoms with Crippen molar-refractivity contribution >= 4 is 53.4 Å². The molecule has 12 heteroatoms. The second kappa shape index (κ2) is 12.9. The first-order valence-corrected chi connectivity index (χ1v) is 14.3. The van der Waals surface area contributed by atoms with Crippen LogP contribution in [0.25, 0.3) is 0 Å². The van der Waals surface area contributed by atoms with E-state index in [1.54, 1.807) is 35.4 Å². The molecule has 0 radical (unpaired) electrons. The molecule has 1 fully saturated rings. The van der Waals surface area contributed by atoms with Crippen molar-refractivity contribution in [2.24, 2.45) is 4.99 Å². The third-order valence-electron chi connectivity index (χ3n) is 6.95. The van der Waals surface area contributed by atoms with Gasteiger partial charge in [-0.1, -0.05) is 68.2 Å². The summed E-state index contributed by atoms with van der Waals surface area (Å²) in [6.45, 7) is 8.98. The minimum absolute atomic E-state index is 0. The number of benzene rings is 2. The average Bonchev–Trinajstić information content (AvgIpc) is 3.33. The molecule has 1 N–H and O–H groups in total. The van der Waals surface area contributed by atoms with E-state index in [1.807, 2.05) is 52.0 Å². The standard InChI is InChI=1S/C30H32Cl2N6O3.ClH/c1-5-41-27-22(16-34-28(36-27)30(2,3)4)26-35-24(18-6-10-20(31)11-7-18)25(19-8-12-21(32)13-9-19)38(26)29(40)37-15-14-33-23(39)17-37;/h6-13,16,24-25H,5,14-15,17H2,1-4H3,(H,33,39);1H/t24-,25+;/m1./s1. The van der Waals surface area contributed by atoms with Crippen LogP contribution in [0.1, 0.15) is 62.3 Å². The van der Waals surface area contributed by atoms with Gasteiger partial charge < -0.3 is 15.0 Å². The number of piperazine rings is 1. The third-order valence-corrected chi connectivity index (χ3v) is 7.46. The first-order valence-electron chi connectivity index (χ1n) is 13.5. The molecule has 1 aromatic heterocycles. The highest BCUT2D eigenvalue weighted by Crippen LogP contribution is 2.45. The predicted molar refractivity (Wildman–Crippen MR) is 166 cm³/mol. The molecule has 3 amide bonds. The fourth-order valence-corrected chi connectivity index (χ4v) is 5.19. The van der Waals surface area contributed by atoms with Gasteiger partial charge in [-0.25, -0.2) is 9.78 Å². The number of aromatic nitrogens is 2. The van der Waals surface area contributed by atoms with Crippen molar-refractivity contribution in [3.63, 3.8) is 0 Å². The first-order chi connectivity index (χ1) is 19.6. The van der Waals surface area contributed by atoms with E-state index in [1.165, 1.54) is 4.90 Å². The Morgan fingerprint density at radius 3 is 2.24 bits per heavy atom. The van der Waals surface area contributed by atoms with E-state index in [4.69, 9.17) is 37.9 Å². The van der Waals surface area contributed by atoms with Crippen LogP contribution in [0.2, 0.25) is 10.0 Å². The fraction of sp³-hybridized carbons (Fsp3) is 0.367. The Morgan fingerprint density at radius 2 is 1.67 bits per heavy atom. The number of hydrogen-bond donors (Lipinski definition) is 1. The summed E-state index contributed by atoms with van der Waals surface area (Å²) in [7, 11) is 0. The van der Waals surface area contributed by atoms with Gasteiger partial charge in [-0.2, -0.15) is 4.98 Å². The van der Waals surface area contributed by atoms with Gasteiger partial charge in [0.2, 0.25) is 11.8 Å². The smallest absolute Gasteiger partial charge is 0.326 e. The highest BCUT2D eigenvalue weighted by Gasteiger charge is 2.45. The van der Waals surface area contributed by atoms with Crippen molar-refractivity contribution in [1.82, 2.24) is 25.1 Å². The molecule has 3 heterocycles. The number of nitrogens with one attached hydrogen (secondary N) is 1. The summed E-state index contributed by atoms with van der Waals surface area (Å²) in [6, 6.07) is 13.4. The molecule has 0 unspecified atom stereocenters. The van der Waals surface area contributed by atoms with E-state index in [2.05, 4.69) is 10.3 Å². The lowest BCUT2D eigenvalue weighted by atomic mass is 9.93. The number of hydrogen-bond acceptors (Lipinski definition) is 6. The van der Waals surface area contributed by atoms with Gasteiger partial charge in [-0.15, -0.1) is 12.4 Å². The summed E-state index contributed by atoms with van der Waals surface area (Å²) in [5, 5.41) is 3.96. The summed E-state index contributed by atoms with van der Waals surface area (Å²) in [6.07, 6.45) is 1.67. The molecule has 9 nitrogen and oxygen atoms in total. The average molecular weight is 632 g/mol. The van der Waals surface area contributed by atoms with Crippen molar-refractivity contribution in [1.29, 1.82) is 0 Å². The maximum Gasteiger partial charge on any atom is 0.326 e. The van der Waals surface area contributed by atoms with Gasteiger partial charge in [0.05, 0.1) is 18.2 Å². The second-order valence-corrected chi connectivity index (χ2v) is 11.8. The third kappa shape index (κ3) is 6.48. The molecule has 42 heavy (non-hydrogen) atoms. The van der Waals surface area contributed by atoms with E-state index in [0.29, 0.717) is 52.8 Å². The lowest BCUT2D eigenvalue weighted by Crippen LogP contribution is -2.55. The topological polar surface area (TPSA) is 100 Å². The molecule has 1 saturated heterocycles. The zero-order valence-electron chi connectivity index (χ0n) is 23.8. The molecule has 0 bridgehead atoms. The minimum atomic E-state index is -0.558. The number of nitrogens with zero attached hydrogens (tertiary/aromatic N) is 5. The Hall–Kier alpha value is -3.40. The highest BCUT2D eigenvalue weighted by atomic mass is 35.5. The molecule has 2 aliphatic rings. The van der Waals surface area contributed by atoms with Crippen LogP contribution in [-0.2, 0) is 10.2 Å². The van der Waals surface area contributed by atoms with E-state index in [-0.39, 0.29) is 36.3 Å². The van der Waals surface area contributed by atoms with Gasteiger partial charge in [0.1, 0.15) is 24.2 Å². The van der Waals surface area contributed by atoms with Gasteiger partial charge in [0, 0.05) is 34.7 Å². The molecule has 0 aliphatic carbocycles. The van der Waals surface area contributed by atoms with Crippen LogP contribution in [0, 0.1) is 0 Å². The van der Waals surface area contributed by atoms with E-state index >= 15 is 0 Å². The number of ether oxygens (including phenoxy) is 1. The van der Waals surface area contributed by atoms with Crippen molar-refractivity contribution < 1.29 is 14.3 Å². The Kier molecular flexibility index (Phi) is 9.65. The van der Waals surface area contributed by atoms with Gasteiger partial charge in [0.25, 0.3) is 0 Å². The monoisotopic (exact) mass is 630 g/mol. The second-order valence-electron chi connectivity index (χ2n) is 11.0. The van der Waals surface area contributed by atoms with Crippen LogP contribution in [0.15, 0.2) is 59.7 Å². The zero-order valence-corrected chi connectivity index (χ0v) is 26.1. The Morgan fingerprint density at radius 1 is 1.05 bits per heavy atom. The number of carbonyl (C=O) groups is 2. The Balaban J connectivity index is 0.00000405. The van der Waals surface area contributed by atoms with Gasteiger partial charge in [-0.05, 0) is 42.3 Å². The van der Waals surface area contributed by atoms with Crippen molar-refractivity contribution in [3.8, 4) is 5.88 Å². The van der Waals surface area contributed by atoms with Crippen molar-refractivity contribution in [2.45, 2.75) is 45.2 Å². The number of rotatable bonds is 5. The number of halogens is 3. The molecule has 0 spiro atoms. The van der Waals surface area contributed by atoms with Crippen LogP contribution < -0.4 is 10.1 Å². The van der Waals surface area contributed by atoms with E-state index in [9.17, 15) is 9.59 Å². The van der Waals surface area contributed by atoms with Crippen LogP contribution in [0.4, 0.5) is 4.79 Å². The van der Waals surface area contributed by atoms with Crippen molar-refractivity contribution in [3.05, 3.63) is 87.3 Å². The van der Waals surface area contributed by atoms with E-state index in [0.717, 1.165) is 11.1 Å². The molecule has 5 rings (SSSR count). The molecule has 3 aromatic rings. The highest BCUT2D eigenvalue weighted by molar-refractivity contribution is 6.30. The van der Waals surface area contributed by atoms with Gasteiger partial charge in [-0.3, -0.25) is 14.7 Å². The predicted octanol–water partition coefficient (Wildman–Crippen LogP) is 6.00. The summed E-state index contributed by atoms with van der Waals surface area (Å²) < 4.78 is 6.01. The number of carbonyl (C=O) groups excluding carboxylic acids is 2. The number of urea groups is 1. The van der Waals surface area contributed by atoms with Crippen LogP contribution in [-0.4, -0.2) is 63.8 Å². The fourth-order valence-electron chi connectivity index (χ4n) is 4.94. The maximum atomic E-state index is 14.4. The summed E-state index contributed by atoms with van der Waals surface area (Å²) in [4.78, 5) is 44.4. The molecule has 2 aromatic carbocycles. The summed E-state index contributed by atoms with van der Waals surface area (Å²) in [5.74, 6) is 1.10. The SMILES string of the molecule is CCOc1nc(C(C)(C)C)ncc1C1=N[C@H](c2ccc(Cl)cc2)[C@H](c2ccc(Cl)cc2)N1C(=O)N1CCNC(=O)C1.Cl. The Labute approximate surface area is 261 Å². The van der Waals surface area contributed by atoms with Gasteiger partial charge in [0.15, 0.2) is 0 Å². The summed E-state index contributed by atoms with van der Waals surface area (Å²) >= 11 is 12.5. The van der Waals surface area contributed by atoms with Gasteiger partial charge >= 0.3 is 6.03 Å². The molecule has 222 valence electrons. The zero-order chi connectivity index (χ0) is 29.3. The van der Waals surface area contributed by atoms with Crippen LogP contribution in [0.3, 0.4) is 0 Å². The van der Waals surface area contributed by atoms with Crippen molar-refractivity contribution in [2.75, 3.05) is 26.2 Å².